The van der Waals surface area contributed by atoms with Crippen LogP contribution in [-0.2, 0) is 0 Å². The molecule has 0 bridgehead atoms. The molecule has 1 N–H and O–H groups in total. The Hall–Kier alpha value is -2.69. The van der Waals surface area contributed by atoms with Gasteiger partial charge in [0, 0.05) is 5.56 Å². The molecule has 5 heteroatoms. The van der Waals surface area contributed by atoms with Crippen molar-refractivity contribution in [3.63, 3.8) is 0 Å². The monoisotopic (exact) mass is 329 g/mol. The second-order valence-electron chi connectivity index (χ2n) is 5.42. The maximum atomic E-state index is 12.5. The van der Waals surface area contributed by atoms with Crippen molar-refractivity contribution in [2.45, 2.75) is 26.9 Å². The lowest BCUT2D eigenvalue weighted by Crippen LogP contribution is -2.13. The molecule has 0 aliphatic carbocycles. The highest BCUT2D eigenvalue weighted by Crippen LogP contribution is 2.30. The van der Waals surface area contributed by atoms with Crippen molar-refractivity contribution in [1.29, 1.82) is 0 Å². The predicted molar refractivity (Wildman–Crippen MR) is 94.3 cm³/mol. The number of para-hydroxylation sites is 2. The Morgan fingerprint density at radius 1 is 1.08 bits per heavy atom. The largest absolute Gasteiger partial charge is 0.493 e. The van der Waals surface area contributed by atoms with Gasteiger partial charge in [-0.2, -0.15) is 0 Å². The lowest BCUT2D eigenvalue weighted by molar-refractivity contribution is 0.102. The predicted octanol–water partition coefficient (Wildman–Crippen LogP) is 4.13. The fraction of sp³-hybridized carbons (Fsp3) is 0.316. The molecule has 2 aromatic carbocycles. The van der Waals surface area contributed by atoms with E-state index in [9.17, 15) is 4.79 Å². The van der Waals surface area contributed by atoms with Gasteiger partial charge in [-0.25, -0.2) is 0 Å². The zero-order valence-electron chi connectivity index (χ0n) is 14.5. The molecule has 1 amide bonds. The van der Waals surface area contributed by atoms with Crippen molar-refractivity contribution in [3.05, 3.63) is 48.0 Å². The Bertz CT molecular complexity index is 698. The lowest BCUT2D eigenvalue weighted by Gasteiger charge is -2.15. The Labute approximate surface area is 142 Å². The van der Waals surface area contributed by atoms with Crippen LogP contribution in [0.4, 0.5) is 5.69 Å². The Morgan fingerprint density at radius 2 is 1.83 bits per heavy atom. The summed E-state index contributed by atoms with van der Waals surface area (Å²) in [6.45, 7) is 6.30. The summed E-state index contributed by atoms with van der Waals surface area (Å²) in [5.74, 6) is 1.53. The summed E-state index contributed by atoms with van der Waals surface area (Å²) in [5.41, 5.74) is 1.11. The van der Waals surface area contributed by atoms with Gasteiger partial charge in [-0.1, -0.05) is 12.1 Å². The average molecular weight is 329 g/mol. The summed E-state index contributed by atoms with van der Waals surface area (Å²) in [7, 11) is 1.55. The molecule has 128 valence electrons. The highest BCUT2D eigenvalue weighted by Gasteiger charge is 2.14. The van der Waals surface area contributed by atoms with Crippen LogP contribution < -0.4 is 19.5 Å². The molecule has 0 unspecified atom stereocenters. The van der Waals surface area contributed by atoms with Gasteiger partial charge in [0.15, 0.2) is 11.5 Å². The summed E-state index contributed by atoms with van der Waals surface area (Å²) in [4.78, 5) is 12.5. The second-order valence-corrected chi connectivity index (χ2v) is 5.42. The summed E-state index contributed by atoms with van der Waals surface area (Å²) in [5, 5.41) is 2.86. The molecule has 0 heterocycles. The second kappa shape index (κ2) is 8.24. The van der Waals surface area contributed by atoms with Crippen LogP contribution in [0.25, 0.3) is 0 Å². The molecule has 2 aromatic rings. The summed E-state index contributed by atoms with van der Waals surface area (Å²) < 4.78 is 16.5. The van der Waals surface area contributed by atoms with Gasteiger partial charge in [0.1, 0.15) is 5.75 Å². The van der Waals surface area contributed by atoms with Crippen molar-refractivity contribution in [2.75, 3.05) is 19.0 Å². The number of benzene rings is 2. The minimum atomic E-state index is -0.239. The quantitative estimate of drug-likeness (QED) is 0.829. The molecule has 0 atom stereocenters. The molecule has 0 saturated heterocycles. The third-order valence-corrected chi connectivity index (χ3v) is 3.22. The first-order valence-corrected chi connectivity index (χ1v) is 7.93. The van der Waals surface area contributed by atoms with E-state index in [-0.39, 0.29) is 12.0 Å². The van der Waals surface area contributed by atoms with Crippen LogP contribution in [-0.4, -0.2) is 25.7 Å². The van der Waals surface area contributed by atoms with E-state index in [2.05, 4.69) is 5.32 Å². The topological polar surface area (TPSA) is 56.8 Å². The van der Waals surface area contributed by atoms with Gasteiger partial charge in [-0.3, -0.25) is 4.79 Å². The summed E-state index contributed by atoms with van der Waals surface area (Å²) >= 11 is 0. The fourth-order valence-electron chi connectivity index (χ4n) is 2.21. The number of amides is 1. The number of carbonyl (C=O) groups excluding carboxylic acids is 1. The maximum absolute atomic E-state index is 12.5. The number of ether oxygens (including phenoxy) is 3. The third-order valence-electron chi connectivity index (χ3n) is 3.22. The van der Waals surface area contributed by atoms with Crippen LogP contribution in [0.2, 0.25) is 0 Å². The molecular weight excluding hydrogens is 306 g/mol. The number of methoxy groups -OCH3 is 1. The summed E-state index contributed by atoms with van der Waals surface area (Å²) in [6.07, 6.45) is 0.0247. The number of rotatable bonds is 7. The number of hydrogen-bond donors (Lipinski definition) is 1. The van der Waals surface area contributed by atoms with E-state index in [1.165, 1.54) is 0 Å². The molecule has 0 radical (unpaired) electrons. The van der Waals surface area contributed by atoms with Gasteiger partial charge < -0.3 is 19.5 Å². The van der Waals surface area contributed by atoms with Crippen LogP contribution in [0.3, 0.4) is 0 Å². The highest BCUT2D eigenvalue weighted by atomic mass is 16.5. The van der Waals surface area contributed by atoms with Gasteiger partial charge >= 0.3 is 0 Å². The normalized spacial score (nSPS) is 10.4. The molecule has 24 heavy (non-hydrogen) atoms. The van der Waals surface area contributed by atoms with Crippen LogP contribution in [0.5, 0.6) is 17.2 Å². The first-order valence-electron chi connectivity index (χ1n) is 7.93. The molecule has 0 aliphatic rings. The van der Waals surface area contributed by atoms with Crippen LogP contribution in [0.15, 0.2) is 42.5 Å². The van der Waals surface area contributed by atoms with E-state index in [0.29, 0.717) is 35.1 Å². The van der Waals surface area contributed by atoms with E-state index in [4.69, 9.17) is 14.2 Å². The van der Waals surface area contributed by atoms with E-state index in [1.807, 2.05) is 39.0 Å². The molecule has 5 nitrogen and oxygen atoms in total. The van der Waals surface area contributed by atoms with Crippen molar-refractivity contribution in [3.8, 4) is 17.2 Å². The standard InChI is InChI=1S/C19H23NO4/c1-5-23-16-9-7-6-8-15(16)20-19(21)14-10-11-17(24-13(2)3)18(12-14)22-4/h6-13H,5H2,1-4H3,(H,20,21). The van der Waals surface area contributed by atoms with Crippen molar-refractivity contribution in [2.24, 2.45) is 0 Å². The lowest BCUT2D eigenvalue weighted by atomic mass is 10.1. The fourth-order valence-corrected chi connectivity index (χ4v) is 2.21. The molecular formula is C19H23NO4. The zero-order chi connectivity index (χ0) is 17.5. The first kappa shape index (κ1) is 17.7. The SMILES string of the molecule is CCOc1ccccc1NC(=O)c1ccc(OC(C)C)c(OC)c1. The smallest absolute Gasteiger partial charge is 0.255 e. The Morgan fingerprint density at radius 3 is 2.50 bits per heavy atom. The number of nitrogens with one attached hydrogen (secondary N) is 1. The molecule has 0 fully saturated rings. The van der Waals surface area contributed by atoms with E-state index < -0.39 is 0 Å². The number of hydrogen-bond acceptors (Lipinski definition) is 4. The average Bonchev–Trinajstić information content (AvgIpc) is 2.56. The minimum absolute atomic E-state index is 0.0247. The van der Waals surface area contributed by atoms with E-state index >= 15 is 0 Å². The van der Waals surface area contributed by atoms with Gasteiger partial charge in [0.25, 0.3) is 5.91 Å². The summed E-state index contributed by atoms with van der Waals surface area (Å²) in [6, 6.07) is 12.4. The first-order chi connectivity index (χ1) is 11.5. The minimum Gasteiger partial charge on any atom is -0.493 e. The van der Waals surface area contributed by atoms with E-state index in [1.54, 1.807) is 31.4 Å². The van der Waals surface area contributed by atoms with Crippen LogP contribution >= 0.6 is 0 Å². The Balaban J connectivity index is 2.21. The van der Waals surface area contributed by atoms with Gasteiger partial charge in [0.05, 0.1) is 25.5 Å². The zero-order valence-corrected chi connectivity index (χ0v) is 14.5. The molecule has 0 aromatic heterocycles. The van der Waals surface area contributed by atoms with Crippen molar-refractivity contribution in [1.82, 2.24) is 0 Å². The van der Waals surface area contributed by atoms with Gasteiger partial charge in [-0.05, 0) is 51.1 Å². The number of carbonyl (C=O) groups is 1. The maximum Gasteiger partial charge on any atom is 0.255 e. The highest BCUT2D eigenvalue weighted by molar-refractivity contribution is 6.05. The van der Waals surface area contributed by atoms with Crippen LogP contribution in [0, 0.1) is 0 Å². The molecule has 0 aliphatic heterocycles. The van der Waals surface area contributed by atoms with Gasteiger partial charge in [0.2, 0.25) is 0 Å². The Kier molecular flexibility index (Phi) is 6.07. The van der Waals surface area contributed by atoms with Crippen molar-refractivity contribution >= 4 is 11.6 Å². The van der Waals surface area contributed by atoms with E-state index in [0.717, 1.165) is 0 Å². The van der Waals surface area contributed by atoms with Crippen molar-refractivity contribution < 1.29 is 19.0 Å². The molecule has 0 spiro atoms. The number of anilines is 1. The molecule has 2 rings (SSSR count). The molecule has 0 saturated carbocycles. The van der Waals surface area contributed by atoms with Gasteiger partial charge in [-0.15, -0.1) is 0 Å². The third kappa shape index (κ3) is 4.41. The van der Waals surface area contributed by atoms with Crippen LogP contribution in [0.1, 0.15) is 31.1 Å².